The summed E-state index contributed by atoms with van der Waals surface area (Å²) in [5.74, 6) is 0.505. The lowest BCUT2D eigenvalue weighted by atomic mass is 10.0. The van der Waals surface area contributed by atoms with E-state index in [1.807, 2.05) is 73.7 Å². The summed E-state index contributed by atoms with van der Waals surface area (Å²) >= 11 is 0. The second-order valence-electron chi connectivity index (χ2n) is 6.00. The second kappa shape index (κ2) is 8.81. The van der Waals surface area contributed by atoms with Gasteiger partial charge in [0.15, 0.2) is 6.10 Å². The molecule has 0 unspecified atom stereocenters. The van der Waals surface area contributed by atoms with Gasteiger partial charge in [-0.1, -0.05) is 67.6 Å². The monoisotopic (exact) mass is 346 g/mol. The number of carbonyl (C=O) groups excluding carboxylic acids is 1. The van der Waals surface area contributed by atoms with Crippen molar-refractivity contribution in [3.05, 3.63) is 90.1 Å². The molecule has 0 bridgehead atoms. The smallest absolute Gasteiger partial charge is 0.224 e. The number of amides is 1. The first-order chi connectivity index (χ1) is 12.8. The molecule has 132 valence electrons. The van der Waals surface area contributed by atoms with Gasteiger partial charge in [-0.15, -0.1) is 0 Å². The predicted octanol–water partition coefficient (Wildman–Crippen LogP) is 4.99. The number of carbonyl (C=O) groups is 1. The van der Waals surface area contributed by atoms with Crippen LogP contribution in [0.5, 0.6) is 5.88 Å². The molecular formula is C22H22N2O2. The summed E-state index contributed by atoms with van der Waals surface area (Å²) in [6.07, 6.45) is 2.69. The van der Waals surface area contributed by atoms with E-state index < -0.39 is 0 Å². The normalized spacial score (nSPS) is 10.5. The fraction of sp³-hybridized carbons (Fsp3) is 0.182. The van der Waals surface area contributed by atoms with Crippen LogP contribution in [0.2, 0.25) is 0 Å². The molecule has 4 nitrogen and oxygen atoms in total. The lowest BCUT2D eigenvalue weighted by Gasteiger charge is -2.19. The molecule has 3 rings (SSSR count). The third-order valence-electron chi connectivity index (χ3n) is 3.94. The van der Waals surface area contributed by atoms with Crippen molar-refractivity contribution in [3.8, 4) is 5.88 Å². The van der Waals surface area contributed by atoms with Gasteiger partial charge < -0.3 is 10.1 Å². The van der Waals surface area contributed by atoms with E-state index in [0.717, 1.165) is 17.5 Å². The third-order valence-corrected chi connectivity index (χ3v) is 3.94. The van der Waals surface area contributed by atoms with E-state index >= 15 is 0 Å². The van der Waals surface area contributed by atoms with Crippen molar-refractivity contribution in [1.29, 1.82) is 0 Å². The van der Waals surface area contributed by atoms with Crippen molar-refractivity contribution in [3.63, 3.8) is 0 Å². The quantitative estimate of drug-likeness (QED) is 0.656. The number of nitrogens with one attached hydrogen (secondary N) is 1. The van der Waals surface area contributed by atoms with Gasteiger partial charge >= 0.3 is 0 Å². The summed E-state index contributed by atoms with van der Waals surface area (Å²) < 4.78 is 6.17. The van der Waals surface area contributed by atoms with Gasteiger partial charge in [0.05, 0.1) is 11.9 Å². The molecule has 1 N–H and O–H groups in total. The molecule has 3 aromatic rings. The summed E-state index contributed by atoms with van der Waals surface area (Å²) in [5, 5.41) is 2.83. The van der Waals surface area contributed by atoms with Gasteiger partial charge in [-0.3, -0.25) is 4.79 Å². The van der Waals surface area contributed by atoms with E-state index in [0.29, 0.717) is 18.0 Å². The first-order valence-corrected chi connectivity index (χ1v) is 8.78. The van der Waals surface area contributed by atoms with Crippen molar-refractivity contribution in [1.82, 2.24) is 4.98 Å². The van der Waals surface area contributed by atoms with Crippen LogP contribution in [0.1, 0.15) is 37.0 Å². The maximum Gasteiger partial charge on any atom is 0.224 e. The van der Waals surface area contributed by atoms with Crippen LogP contribution in [0.4, 0.5) is 5.69 Å². The van der Waals surface area contributed by atoms with Gasteiger partial charge in [0.2, 0.25) is 11.8 Å². The van der Waals surface area contributed by atoms with Crippen LogP contribution in [-0.4, -0.2) is 10.9 Å². The van der Waals surface area contributed by atoms with Crippen LogP contribution in [0, 0.1) is 0 Å². The standard InChI is InChI=1S/C22H22N2O2/c1-2-9-20(25)24-19-14-15-21(23-16-19)26-22(17-10-5-3-6-11-17)18-12-7-4-8-13-18/h3-8,10-16,22H,2,9H2,1H3,(H,24,25). The number of nitrogens with zero attached hydrogens (tertiary/aromatic N) is 1. The van der Waals surface area contributed by atoms with Gasteiger partial charge in [-0.2, -0.15) is 0 Å². The van der Waals surface area contributed by atoms with E-state index in [2.05, 4.69) is 10.3 Å². The molecule has 0 fully saturated rings. The summed E-state index contributed by atoms with van der Waals surface area (Å²) in [7, 11) is 0. The van der Waals surface area contributed by atoms with E-state index in [9.17, 15) is 4.79 Å². The predicted molar refractivity (Wildman–Crippen MR) is 103 cm³/mol. The van der Waals surface area contributed by atoms with Crippen molar-refractivity contribution < 1.29 is 9.53 Å². The molecule has 1 heterocycles. The first kappa shape index (κ1) is 17.7. The lowest BCUT2D eigenvalue weighted by molar-refractivity contribution is -0.116. The zero-order chi connectivity index (χ0) is 18.2. The summed E-state index contributed by atoms with van der Waals surface area (Å²) in [6, 6.07) is 23.7. The molecule has 4 heteroatoms. The Hall–Kier alpha value is -3.14. The molecule has 0 saturated carbocycles. The molecule has 0 aliphatic heterocycles. The van der Waals surface area contributed by atoms with Gasteiger partial charge in [-0.25, -0.2) is 4.98 Å². The first-order valence-electron chi connectivity index (χ1n) is 8.78. The average Bonchev–Trinajstić information content (AvgIpc) is 2.69. The van der Waals surface area contributed by atoms with E-state index in [1.54, 1.807) is 12.3 Å². The van der Waals surface area contributed by atoms with Crippen LogP contribution in [0.25, 0.3) is 0 Å². The highest BCUT2D eigenvalue weighted by atomic mass is 16.5. The molecule has 2 aromatic carbocycles. The number of anilines is 1. The highest BCUT2D eigenvalue weighted by Gasteiger charge is 2.16. The number of rotatable bonds is 7. The Morgan fingerprint density at radius 2 is 1.58 bits per heavy atom. The van der Waals surface area contributed by atoms with Crippen LogP contribution in [0.15, 0.2) is 79.0 Å². The van der Waals surface area contributed by atoms with Gasteiger partial charge in [0.25, 0.3) is 0 Å². The minimum absolute atomic E-state index is 0.00517. The van der Waals surface area contributed by atoms with E-state index in [4.69, 9.17) is 4.74 Å². The molecule has 0 atom stereocenters. The Morgan fingerprint density at radius 1 is 0.962 bits per heavy atom. The summed E-state index contributed by atoms with van der Waals surface area (Å²) in [6.45, 7) is 1.97. The largest absolute Gasteiger partial charge is 0.465 e. The number of aromatic nitrogens is 1. The molecule has 0 radical (unpaired) electrons. The van der Waals surface area contributed by atoms with Crippen molar-refractivity contribution in [2.24, 2.45) is 0 Å². The van der Waals surface area contributed by atoms with Gasteiger partial charge in [-0.05, 0) is 23.6 Å². The number of hydrogen-bond donors (Lipinski definition) is 1. The number of pyridine rings is 1. The number of hydrogen-bond acceptors (Lipinski definition) is 3. The molecule has 1 aromatic heterocycles. The number of ether oxygens (including phenoxy) is 1. The van der Waals surface area contributed by atoms with Crippen LogP contribution in [0.3, 0.4) is 0 Å². The van der Waals surface area contributed by atoms with Crippen LogP contribution >= 0.6 is 0 Å². The second-order valence-corrected chi connectivity index (χ2v) is 6.00. The maximum absolute atomic E-state index is 11.7. The Balaban J connectivity index is 1.78. The van der Waals surface area contributed by atoms with Crippen molar-refractivity contribution in [2.75, 3.05) is 5.32 Å². The fourth-order valence-corrected chi connectivity index (χ4v) is 2.68. The Kier molecular flexibility index (Phi) is 5.99. The molecule has 0 aliphatic carbocycles. The minimum atomic E-state index is -0.245. The summed E-state index contributed by atoms with van der Waals surface area (Å²) in [4.78, 5) is 16.0. The van der Waals surface area contributed by atoms with Crippen molar-refractivity contribution >= 4 is 11.6 Å². The zero-order valence-corrected chi connectivity index (χ0v) is 14.8. The molecule has 0 aliphatic rings. The SMILES string of the molecule is CCCC(=O)Nc1ccc(OC(c2ccccc2)c2ccccc2)nc1. The fourth-order valence-electron chi connectivity index (χ4n) is 2.68. The third kappa shape index (κ3) is 4.70. The minimum Gasteiger partial charge on any atom is -0.465 e. The zero-order valence-electron chi connectivity index (χ0n) is 14.8. The van der Waals surface area contributed by atoms with E-state index in [-0.39, 0.29) is 12.0 Å². The lowest BCUT2D eigenvalue weighted by Crippen LogP contribution is -2.12. The molecule has 0 saturated heterocycles. The van der Waals surface area contributed by atoms with Crippen LogP contribution in [-0.2, 0) is 4.79 Å². The van der Waals surface area contributed by atoms with Gasteiger partial charge in [0.1, 0.15) is 0 Å². The average molecular weight is 346 g/mol. The Morgan fingerprint density at radius 3 is 2.08 bits per heavy atom. The molecule has 0 spiro atoms. The molecule has 1 amide bonds. The maximum atomic E-state index is 11.7. The van der Waals surface area contributed by atoms with E-state index in [1.165, 1.54) is 0 Å². The molecule has 26 heavy (non-hydrogen) atoms. The summed E-state index contributed by atoms with van der Waals surface area (Å²) in [5.41, 5.74) is 2.79. The van der Waals surface area contributed by atoms with Crippen LogP contribution < -0.4 is 10.1 Å². The Bertz CT molecular complexity index is 778. The Labute approximate surface area is 153 Å². The molecular weight excluding hydrogens is 324 g/mol. The van der Waals surface area contributed by atoms with Gasteiger partial charge in [0, 0.05) is 12.5 Å². The highest BCUT2D eigenvalue weighted by molar-refractivity contribution is 5.90. The van der Waals surface area contributed by atoms with Crippen molar-refractivity contribution in [2.45, 2.75) is 25.9 Å². The topological polar surface area (TPSA) is 51.2 Å². The number of benzene rings is 2. The highest BCUT2D eigenvalue weighted by Crippen LogP contribution is 2.27.